The largest absolute Gasteiger partial charge is 0.484 e. The molecule has 0 fully saturated rings. The van der Waals surface area contributed by atoms with Crippen molar-refractivity contribution in [3.05, 3.63) is 29.8 Å². The maximum Gasteiger partial charge on any atom is 0.258 e. The van der Waals surface area contributed by atoms with Crippen molar-refractivity contribution in [1.29, 1.82) is 0 Å². The molecule has 0 radical (unpaired) electrons. The van der Waals surface area contributed by atoms with Crippen LogP contribution in [0, 0.1) is 0 Å². The van der Waals surface area contributed by atoms with Crippen molar-refractivity contribution in [1.82, 2.24) is 10.6 Å². The highest BCUT2D eigenvalue weighted by Gasteiger charge is 2.07. The Morgan fingerprint density at radius 2 is 2.11 bits per heavy atom. The fraction of sp³-hybridized carbons (Fsp3) is 0.533. The highest BCUT2D eigenvalue weighted by atomic mass is 16.5. The first-order valence-corrected chi connectivity index (χ1v) is 6.76. The van der Waals surface area contributed by atoms with Gasteiger partial charge in [0.05, 0.1) is 0 Å². The number of hydrogen-bond acceptors (Lipinski definition) is 3. The van der Waals surface area contributed by atoms with Crippen molar-refractivity contribution < 1.29 is 9.53 Å². The molecule has 1 aromatic rings. The van der Waals surface area contributed by atoms with Crippen LogP contribution in [0.1, 0.15) is 38.8 Å². The van der Waals surface area contributed by atoms with E-state index in [1.54, 1.807) is 0 Å². The summed E-state index contributed by atoms with van der Waals surface area (Å²) in [5.74, 6) is 0.639. The summed E-state index contributed by atoms with van der Waals surface area (Å²) in [6.07, 6.45) is 0.918. The Kier molecular flexibility index (Phi) is 6.36. The lowest BCUT2D eigenvalue weighted by atomic mass is 10.1. The molecule has 1 aromatic carbocycles. The lowest BCUT2D eigenvalue weighted by Crippen LogP contribution is -2.35. The molecule has 0 saturated carbocycles. The van der Waals surface area contributed by atoms with E-state index in [1.165, 1.54) is 0 Å². The fourth-order valence-electron chi connectivity index (χ4n) is 1.61. The third kappa shape index (κ3) is 5.30. The van der Waals surface area contributed by atoms with Crippen molar-refractivity contribution in [3.63, 3.8) is 0 Å². The average molecular weight is 264 g/mol. The minimum Gasteiger partial charge on any atom is -0.484 e. The van der Waals surface area contributed by atoms with Crippen molar-refractivity contribution >= 4 is 5.91 Å². The maximum absolute atomic E-state index is 11.6. The van der Waals surface area contributed by atoms with Crippen LogP contribution in [0.5, 0.6) is 5.75 Å². The highest BCUT2D eigenvalue weighted by molar-refractivity contribution is 5.77. The lowest BCUT2D eigenvalue weighted by Gasteiger charge is -2.14. The third-order valence-corrected chi connectivity index (χ3v) is 3.18. The van der Waals surface area contributed by atoms with Gasteiger partial charge >= 0.3 is 0 Å². The van der Waals surface area contributed by atoms with Gasteiger partial charge in [0.1, 0.15) is 5.75 Å². The third-order valence-electron chi connectivity index (χ3n) is 3.18. The van der Waals surface area contributed by atoms with Gasteiger partial charge < -0.3 is 15.4 Å². The smallest absolute Gasteiger partial charge is 0.258 e. The minimum atomic E-state index is -0.0820. The van der Waals surface area contributed by atoms with Crippen LogP contribution < -0.4 is 15.4 Å². The number of benzene rings is 1. The average Bonchev–Trinajstić information content (AvgIpc) is 2.44. The topological polar surface area (TPSA) is 50.4 Å². The SMILES string of the molecule is CCC(C)NC(=O)COc1cccc(C(C)NC)c1. The molecule has 0 aliphatic rings. The molecule has 1 rings (SSSR count). The highest BCUT2D eigenvalue weighted by Crippen LogP contribution is 2.18. The van der Waals surface area contributed by atoms with E-state index in [2.05, 4.69) is 17.6 Å². The Hall–Kier alpha value is -1.55. The van der Waals surface area contributed by atoms with Crippen LogP contribution in [0.3, 0.4) is 0 Å². The second kappa shape index (κ2) is 7.79. The zero-order chi connectivity index (χ0) is 14.3. The molecule has 4 heteroatoms. The molecular weight excluding hydrogens is 240 g/mol. The van der Waals surface area contributed by atoms with Crippen LogP contribution in [0.4, 0.5) is 0 Å². The Labute approximate surface area is 115 Å². The summed E-state index contributed by atoms with van der Waals surface area (Å²) in [7, 11) is 1.91. The molecule has 0 spiro atoms. The van der Waals surface area contributed by atoms with Gasteiger partial charge in [-0.3, -0.25) is 4.79 Å². The van der Waals surface area contributed by atoms with Crippen molar-refractivity contribution in [2.75, 3.05) is 13.7 Å². The van der Waals surface area contributed by atoms with E-state index in [0.717, 1.165) is 17.7 Å². The van der Waals surface area contributed by atoms with E-state index in [-0.39, 0.29) is 24.6 Å². The first-order chi connectivity index (χ1) is 9.06. The second-order valence-corrected chi connectivity index (χ2v) is 4.75. The molecule has 2 unspecified atom stereocenters. The summed E-state index contributed by atoms with van der Waals surface area (Å²) in [5.41, 5.74) is 1.14. The minimum absolute atomic E-state index is 0.0573. The van der Waals surface area contributed by atoms with E-state index in [4.69, 9.17) is 4.74 Å². The first kappa shape index (κ1) is 15.5. The van der Waals surface area contributed by atoms with E-state index in [9.17, 15) is 4.79 Å². The van der Waals surface area contributed by atoms with Gasteiger partial charge in [0.15, 0.2) is 6.61 Å². The first-order valence-electron chi connectivity index (χ1n) is 6.76. The molecule has 0 aromatic heterocycles. The summed E-state index contributed by atoms with van der Waals surface area (Å²) in [6.45, 7) is 6.15. The molecule has 0 aliphatic carbocycles. The molecule has 4 nitrogen and oxygen atoms in total. The number of carbonyl (C=O) groups excluding carboxylic acids is 1. The van der Waals surface area contributed by atoms with Crippen LogP contribution in [0.2, 0.25) is 0 Å². The van der Waals surface area contributed by atoms with Gasteiger partial charge in [0, 0.05) is 12.1 Å². The quantitative estimate of drug-likeness (QED) is 0.794. The molecule has 1 amide bonds. The maximum atomic E-state index is 11.6. The summed E-state index contributed by atoms with van der Waals surface area (Å²) in [6, 6.07) is 8.24. The monoisotopic (exact) mass is 264 g/mol. The predicted octanol–water partition coefficient (Wildman–Crippen LogP) is 2.26. The van der Waals surface area contributed by atoms with Gasteiger partial charge in [0.25, 0.3) is 5.91 Å². The van der Waals surface area contributed by atoms with Gasteiger partial charge in [0.2, 0.25) is 0 Å². The zero-order valence-electron chi connectivity index (χ0n) is 12.2. The zero-order valence-corrected chi connectivity index (χ0v) is 12.2. The van der Waals surface area contributed by atoms with Gasteiger partial charge in [-0.1, -0.05) is 19.1 Å². The van der Waals surface area contributed by atoms with Gasteiger partial charge in [-0.25, -0.2) is 0 Å². The number of carbonyl (C=O) groups is 1. The van der Waals surface area contributed by atoms with Crippen LogP contribution in [-0.2, 0) is 4.79 Å². The molecule has 19 heavy (non-hydrogen) atoms. The Balaban J connectivity index is 2.51. The fourth-order valence-corrected chi connectivity index (χ4v) is 1.61. The Morgan fingerprint density at radius 3 is 2.74 bits per heavy atom. The number of amides is 1. The Morgan fingerprint density at radius 1 is 1.37 bits per heavy atom. The summed E-state index contributed by atoms with van der Waals surface area (Å²) in [4.78, 5) is 11.6. The molecular formula is C15H24N2O2. The van der Waals surface area contributed by atoms with E-state index in [1.807, 2.05) is 45.2 Å². The molecule has 0 saturated heterocycles. The van der Waals surface area contributed by atoms with Crippen LogP contribution in [0.15, 0.2) is 24.3 Å². The molecule has 0 aliphatic heterocycles. The van der Waals surface area contributed by atoms with Crippen LogP contribution >= 0.6 is 0 Å². The standard InChI is InChI=1S/C15H24N2O2/c1-5-11(2)17-15(18)10-19-14-8-6-7-13(9-14)12(3)16-4/h6-9,11-12,16H,5,10H2,1-4H3,(H,17,18). The predicted molar refractivity (Wildman–Crippen MR) is 77.3 cm³/mol. The van der Waals surface area contributed by atoms with Crippen molar-refractivity contribution in [2.24, 2.45) is 0 Å². The van der Waals surface area contributed by atoms with Crippen LogP contribution in [-0.4, -0.2) is 25.6 Å². The van der Waals surface area contributed by atoms with Gasteiger partial charge in [-0.05, 0) is 45.0 Å². The van der Waals surface area contributed by atoms with Gasteiger partial charge in [-0.2, -0.15) is 0 Å². The molecule has 2 N–H and O–H groups in total. The lowest BCUT2D eigenvalue weighted by molar-refractivity contribution is -0.123. The van der Waals surface area contributed by atoms with E-state index in [0.29, 0.717) is 0 Å². The normalized spacial score (nSPS) is 13.7. The van der Waals surface area contributed by atoms with Crippen molar-refractivity contribution in [3.8, 4) is 5.75 Å². The van der Waals surface area contributed by atoms with E-state index < -0.39 is 0 Å². The molecule has 106 valence electrons. The summed E-state index contributed by atoms with van der Waals surface area (Å²) < 4.78 is 5.51. The number of hydrogen-bond donors (Lipinski definition) is 2. The number of rotatable bonds is 7. The molecule has 0 bridgehead atoms. The Bertz CT molecular complexity index is 407. The van der Waals surface area contributed by atoms with E-state index >= 15 is 0 Å². The van der Waals surface area contributed by atoms with Crippen LogP contribution in [0.25, 0.3) is 0 Å². The van der Waals surface area contributed by atoms with Crippen molar-refractivity contribution in [2.45, 2.75) is 39.3 Å². The molecule has 2 atom stereocenters. The molecule has 0 heterocycles. The number of ether oxygens (including phenoxy) is 1. The number of nitrogens with one attached hydrogen (secondary N) is 2. The summed E-state index contributed by atoms with van der Waals surface area (Å²) >= 11 is 0. The van der Waals surface area contributed by atoms with Gasteiger partial charge in [-0.15, -0.1) is 0 Å². The second-order valence-electron chi connectivity index (χ2n) is 4.75. The summed E-state index contributed by atoms with van der Waals surface area (Å²) in [5, 5.41) is 6.04.